The normalized spacial score (nSPS) is 20.1. The van der Waals surface area contributed by atoms with Crippen molar-refractivity contribution in [2.24, 2.45) is 5.92 Å². The van der Waals surface area contributed by atoms with Crippen molar-refractivity contribution in [2.45, 2.75) is 32.1 Å². The number of rotatable bonds is 5. The number of carbonyl (C=O) groups excluding carboxylic acids is 1. The minimum Gasteiger partial charge on any atom is -0.497 e. The fourth-order valence-electron chi connectivity index (χ4n) is 3.96. The summed E-state index contributed by atoms with van der Waals surface area (Å²) >= 11 is 1.44. The standard InChI is InChI=1S/C20H26N4O2S/c1-26-17-8-4-6-15(12-17)13-18-21-20(27-22-18)24-11-5-7-16(14-24)19(25)23-9-2-3-10-23/h4,6,8,12,16H,2-3,5,7,9-11,13-14H2,1H3. The highest BCUT2D eigenvalue weighted by atomic mass is 32.1. The number of benzene rings is 1. The van der Waals surface area contributed by atoms with Crippen molar-refractivity contribution in [1.82, 2.24) is 14.3 Å². The van der Waals surface area contributed by atoms with Gasteiger partial charge in [-0.3, -0.25) is 4.79 Å². The maximum absolute atomic E-state index is 12.7. The van der Waals surface area contributed by atoms with Crippen LogP contribution in [-0.4, -0.2) is 53.5 Å². The molecule has 1 aromatic carbocycles. The first-order chi connectivity index (χ1) is 13.2. The number of hydrogen-bond donors (Lipinski definition) is 0. The van der Waals surface area contributed by atoms with Crippen LogP contribution in [0.4, 0.5) is 5.13 Å². The van der Waals surface area contributed by atoms with Crippen LogP contribution in [0, 0.1) is 5.92 Å². The van der Waals surface area contributed by atoms with Gasteiger partial charge in [-0.25, -0.2) is 4.98 Å². The average Bonchev–Trinajstić information content (AvgIpc) is 3.40. The lowest BCUT2D eigenvalue weighted by Crippen LogP contribution is -2.44. The van der Waals surface area contributed by atoms with Gasteiger partial charge in [0.1, 0.15) is 11.6 Å². The summed E-state index contributed by atoms with van der Waals surface area (Å²) in [7, 11) is 1.68. The van der Waals surface area contributed by atoms with Crippen LogP contribution in [-0.2, 0) is 11.2 Å². The Bertz CT molecular complexity index is 788. The molecule has 1 atom stereocenters. The van der Waals surface area contributed by atoms with Crippen LogP contribution in [0.15, 0.2) is 24.3 Å². The fraction of sp³-hybridized carbons (Fsp3) is 0.550. The number of ether oxygens (including phenoxy) is 1. The highest BCUT2D eigenvalue weighted by Gasteiger charge is 2.31. The molecule has 1 unspecified atom stereocenters. The lowest BCUT2D eigenvalue weighted by molar-refractivity contribution is -0.134. The molecule has 0 spiro atoms. The van der Waals surface area contributed by atoms with E-state index in [2.05, 4.69) is 15.3 Å². The van der Waals surface area contributed by atoms with Crippen LogP contribution in [0.5, 0.6) is 5.75 Å². The number of nitrogens with zero attached hydrogens (tertiary/aromatic N) is 4. The summed E-state index contributed by atoms with van der Waals surface area (Å²) in [6.45, 7) is 3.58. The minimum atomic E-state index is 0.0996. The monoisotopic (exact) mass is 386 g/mol. The molecule has 0 bridgehead atoms. The number of likely N-dealkylation sites (tertiary alicyclic amines) is 1. The van der Waals surface area contributed by atoms with E-state index in [1.807, 2.05) is 23.1 Å². The van der Waals surface area contributed by atoms with Gasteiger partial charge < -0.3 is 14.5 Å². The molecule has 2 saturated heterocycles. The molecule has 2 aromatic rings. The van der Waals surface area contributed by atoms with Gasteiger partial charge in [0.05, 0.1) is 13.0 Å². The van der Waals surface area contributed by atoms with E-state index < -0.39 is 0 Å². The molecule has 2 aliphatic heterocycles. The summed E-state index contributed by atoms with van der Waals surface area (Å²) in [4.78, 5) is 21.8. The molecule has 0 saturated carbocycles. The van der Waals surface area contributed by atoms with Gasteiger partial charge in [0, 0.05) is 44.1 Å². The van der Waals surface area contributed by atoms with Crippen LogP contribution in [0.2, 0.25) is 0 Å². The summed E-state index contributed by atoms with van der Waals surface area (Å²) in [5, 5.41) is 0.937. The van der Waals surface area contributed by atoms with E-state index in [-0.39, 0.29) is 5.92 Å². The molecule has 0 N–H and O–H groups in total. The van der Waals surface area contributed by atoms with Gasteiger partial charge in [0.2, 0.25) is 11.0 Å². The molecule has 3 heterocycles. The van der Waals surface area contributed by atoms with E-state index in [0.29, 0.717) is 12.3 Å². The molecule has 1 amide bonds. The van der Waals surface area contributed by atoms with Crippen molar-refractivity contribution >= 4 is 22.6 Å². The van der Waals surface area contributed by atoms with Crippen molar-refractivity contribution in [2.75, 3.05) is 38.2 Å². The molecule has 2 aliphatic rings. The third kappa shape index (κ3) is 4.24. The van der Waals surface area contributed by atoms with Gasteiger partial charge in [0.15, 0.2) is 0 Å². The number of amides is 1. The molecule has 6 nitrogen and oxygen atoms in total. The highest BCUT2D eigenvalue weighted by Crippen LogP contribution is 2.27. The van der Waals surface area contributed by atoms with Crippen LogP contribution in [0.3, 0.4) is 0 Å². The predicted octanol–water partition coefficient (Wildman–Crippen LogP) is 2.98. The van der Waals surface area contributed by atoms with Crippen LogP contribution in [0.25, 0.3) is 0 Å². The third-order valence-corrected chi connectivity index (χ3v) is 6.23. The van der Waals surface area contributed by atoms with Gasteiger partial charge in [-0.05, 0) is 43.4 Å². The minimum absolute atomic E-state index is 0.0996. The second-order valence-electron chi connectivity index (χ2n) is 7.34. The molecule has 0 aliphatic carbocycles. The summed E-state index contributed by atoms with van der Waals surface area (Å²) < 4.78 is 9.83. The average molecular weight is 387 g/mol. The topological polar surface area (TPSA) is 58.6 Å². The second-order valence-corrected chi connectivity index (χ2v) is 8.07. The molecule has 1 aromatic heterocycles. The van der Waals surface area contributed by atoms with Crippen LogP contribution in [0.1, 0.15) is 37.1 Å². The number of piperidine rings is 1. The third-order valence-electron chi connectivity index (χ3n) is 5.41. The molecular weight excluding hydrogens is 360 g/mol. The van der Waals surface area contributed by atoms with E-state index in [9.17, 15) is 4.79 Å². The Hall–Kier alpha value is -2.15. The van der Waals surface area contributed by atoms with Crippen molar-refractivity contribution in [3.63, 3.8) is 0 Å². The summed E-state index contributed by atoms with van der Waals surface area (Å²) in [5.41, 5.74) is 1.14. The van der Waals surface area contributed by atoms with Gasteiger partial charge in [-0.15, -0.1) is 0 Å². The number of aromatic nitrogens is 2. The Labute approximate surface area is 164 Å². The Balaban J connectivity index is 1.40. The van der Waals surface area contributed by atoms with Gasteiger partial charge in [-0.1, -0.05) is 12.1 Å². The smallest absolute Gasteiger partial charge is 0.227 e. The van der Waals surface area contributed by atoms with Crippen molar-refractivity contribution < 1.29 is 9.53 Å². The molecule has 144 valence electrons. The van der Waals surface area contributed by atoms with Crippen molar-refractivity contribution in [3.05, 3.63) is 35.7 Å². The van der Waals surface area contributed by atoms with Gasteiger partial charge >= 0.3 is 0 Å². The summed E-state index contributed by atoms with van der Waals surface area (Å²) in [5.74, 6) is 2.11. The molecule has 0 radical (unpaired) electrons. The quantitative estimate of drug-likeness (QED) is 0.791. The highest BCUT2D eigenvalue weighted by molar-refractivity contribution is 7.09. The molecule has 27 heavy (non-hydrogen) atoms. The number of methoxy groups -OCH3 is 1. The molecule has 4 rings (SSSR count). The Morgan fingerprint density at radius 2 is 2.11 bits per heavy atom. The zero-order valence-electron chi connectivity index (χ0n) is 15.8. The van der Waals surface area contributed by atoms with E-state index in [4.69, 9.17) is 9.72 Å². The summed E-state index contributed by atoms with van der Waals surface area (Å²) in [6.07, 6.45) is 5.01. The van der Waals surface area contributed by atoms with E-state index in [1.165, 1.54) is 11.5 Å². The Morgan fingerprint density at radius 3 is 2.93 bits per heavy atom. The maximum atomic E-state index is 12.7. The van der Waals surface area contributed by atoms with Crippen LogP contribution < -0.4 is 9.64 Å². The SMILES string of the molecule is COc1cccc(Cc2nsc(N3CCCC(C(=O)N4CCCC4)C3)n2)c1. The fourth-order valence-corrected chi connectivity index (χ4v) is 4.68. The summed E-state index contributed by atoms with van der Waals surface area (Å²) in [6, 6.07) is 8.01. The van der Waals surface area contributed by atoms with E-state index in [1.54, 1.807) is 7.11 Å². The number of carbonyl (C=O) groups is 1. The zero-order chi connectivity index (χ0) is 18.6. The predicted molar refractivity (Wildman–Crippen MR) is 106 cm³/mol. The number of hydrogen-bond acceptors (Lipinski definition) is 6. The van der Waals surface area contributed by atoms with Gasteiger partial charge in [-0.2, -0.15) is 4.37 Å². The Kier molecular flexibility index (Phi) is 5.57. The first kappa shape index (κ1) is 18.2. The molecule has 2 fully saturated rings. The number of anilines is 1. The maximum Gasteiger partial charge on any atom is 0.227 e. The first-order valence-corrected chi connectivity index (χ1v) is 10.5. The van der Waals surface area contributed by atoms with E-state index in [0.717, 1.165) is 74.1 Å². The van der Waals surface area contributed by atoms with Crippen molar-refractivity contribution in [1.29, 1.82) is 0 Å². The molecular formula is C20H26N4O2S. The lowest BCUT2D eigenvalue weighted by atomic mass is 9.97. The Morgan fingerprint density at radius 1 is 1.26 bits per heavy atom. The van der Waals surface area contributed by atoms with Crippen molar-refractivity contribution in [3.8, 4) is 5.75 Å². The zero-order valence-corrected chi connectivity index (χ0v) is 16.6. The van der Waals surface area contributed by atoms with E-state index >= 15 is 0 Å². The lowest BCUT2D eigenvalue weighted by Gasteiger charge is -2.33. The van der Waals surface area contributed by atoms with Gasteiger partial charge in [0.25, 0.3) is 0 Å². The van der Waals surface area contributed by atoms with Crippen LogP contribution >= 0.6 is 11.5 Å². The molecule has 7 heteroatoms. The second kappa shape index (κ2) is 8.25. The first-order valence-electron chi connectivity index (χ1n) is 9.72. The largest absolute Gasteiger partial charge is 0.497 e.